The highest BCUT2D eigenvalue weighted by atomic mass is 32.2. The van der Waals surface area contributed by atoms with Crippen molar-refractivity contribution >= 4 is 15.9 Å². The van der Waals surface area contributed by atoms with Gasteiger partial charge in [-0.05, 0) is 37.3 Å². The quantitative estimate of drug-likeness (QED) is 0.748. The second-order valence-corrected chi connectivity index (χ2v) is 9.27. The molecule has 3 rings (SSSR count). The minimum Gasteiger partial charge on any atom is -0.470 e. The van der Waals surface area contributed by atoms with E-state index in [1.165, 1.54) is 6.20 Å². The van der Waals surface area contributed by atoms with Crippen LogP contribution in [0.2, 0.25) is 0 Å². The van der Waals surface area contributed by atoms with Crippen molar-refractivity contribution in [3.8, 4) is 5.88 Å². The van der Waals surface area contributed by atoms with Crippen LogP contribution in [0.5, 0.6) is 5.88 Å². The van der Waals surface area contributed by atoms with Crippen molar-refractivity contribution < 1.29 is 17.9 Å². The second kappa shape index (κ2) is 9.37. The van der Waals surface area contributed by atoms with E-state index in [4.69, 9.17) is 4.74 Å². The Kier molecular flexibility index (Phi) is 6.87. The van der Waals surface area contributed by atoms with E-state index < -0.39 is 10.0 Å². The van der Waals surface area contributed by atoms with Crippen LogP contribution in [0.15, 0.2) is 48.7 Å². The smallest absolute Gasteiger partial charge is 0.255 e. The number of aromatic nitrogens is 1. The summed E-state index contributed by atoms with van der Waals surface area (Å²) < 4.78 is 31.0. The van der Waals surface area contributed by atoms with E-state index in [9.17, 15) is 13.2 Å². The Hall–Kier alpha value is -2.45. The zero-order valence-corrected chi connectivity index (χ0v) is 17.6. The minimum atomic E-state index is -3.23. The van der Waals surface area contributed by atoms with Gasteiger partial charge in [-0.2, -0.15) is 0 Å². The van der Waals surface area contributed by atoms with E-state index in [1.807, 2.05) is 37.3 Å². The normalized spacial score (nSPS) is 18.3. The molecule has 0 radical (unpaired) electrons. The Bertz CT molecular complexity index is 917. The minimum absolute atomic E-state index is 0.0933. The molecule has 0 bridgehead atoms. The van der Waals surface area contributed by atoms with Gasteiger partial charge in [-0.3, -0.25) is 4.79 Å². The fourth-order valence-electron chi connectivity index (χ4n) is 3.42. The lowest BCUT2D eigenvalue weighted by atomic mass is 9.98. The number of likely N-dealkylation sites (tertiary alicyclic amines) is 1. The predicted octanol–water partition coefficient (Wildman–Crippen LogP) is 2.62. The first-order valence-electron chi connectivity index (χ1n) is 9.73. The largest absolute Gasteiger partial charge is 0.470 e. The fraction of sp³-hybridized carbons (Fsp3) is 0.429. The predicted molar refractivity (Wildman–Crippen MR) is 111 cm³/mol. The molecule has 1 aliphatic rings. The fourth-order valence-corrected chi connectivity index (χ4v) is 3.96. The summed E-state index contributed by atoms with van der Waals surface area (Å²) in [5, 5.41) is 0. The Morgan fingerprint density at radius 3 is 2.69 bits per heavy atom. The van der Waals surface area contributed by atoms with Crippen molar-refractivity contribution in [1.29, 1.82) is 0 Å². The van der Waals surface area contributed by atoms with Crippen LogP contribution >= 0.6 is 0 Å². The van der Waals surface area contributed by atoms with Gasteiger partial charge in [-0.1, -0.05) is 30.3 Å². The molecule has 1 fully saturated rings. The molecule has 0 spiro atoms. The summed E-state index contributed by atoms with van der Waals surface area (Å²) in [4.78, 5) is 18.9. The highest BCUT2D eigenvalue weighted by Gasteiger charge is 2.25. The molecule has 1 amide bonds. The van der Waals surface area contributed by atoms with E-state index in [-0.39, 0.29) is 17.9 Å². The maximum absolute atomic E-state index is 12.8. The summed E-state index contributed by atoms with van der Waals surface area (Å²) in [6, 6.07) is 13.3. The topological polar surface area (TPSA) is 88.6 Å². The molecule has 2 atom stereocenters. The Morgan fingerprint density at radius 2 is 2.03 bits per heavy atom. The molecule has 2 unspecified atom stereocenters. The number of carbonyl (C=O) groups is 1. The van der Waals surface area contributed by atoms with Gasteiger partial charge in [-0.25, -0.2) is 18.1 Å². The van der Waals surface area contributed by atoms with Gasteiger partial charge < -0.3 is 9.64 Å². The molecule has 1 aromatic carbocycles. The van der Waals surface area contributed by atoms with E-state index in [0.29, 0.717) is 31.1 Å². The van der Waals surface area contributed by atoms with Crippen molar-refractivity contribution in [2.75, 3.05) is 25.9 Å². The lowest BCUT2D eigenvalue weighted by Gasteiger charge is -2.32. The van der Waals surface area contributed by atoms with Crippen molar-refractivity contribution in [2.45, 2.75) is 25.9 Å². The van der Waals surface area contributed by atoms with Gasteiger partial charge >= 0.3 is 0 Å². The zero-order chi connectivity index (χ0) is 20.9. The van der Waals surface area contributed by atoms with E-state index >= 15 is 0 Å². The molecule has 0 saturated carbocycles. The molecule has 2 aromatic rings. The number of amides is 1. The van der Waals surface area contributed by atoms with Gasteiger partial charge in [0.1, 0.15) is 6.10 Å². The van der Waals surface area contributed by atoms with E-state index in [0.717, 1.165) is 24.7 Å². The second-order valence-electron chi connectivity index (χ2n) is 7.44. The Morgan fingerprint density at radius 1 is 1.28 bits per heavy atom. The molecule has 1 N–H and O–H groups in total. The molecular formula is C21H27N3O4S. The SMILES string of the molecule is CC(Oc1ccc(C(=O)N2CCCC(CNS(C)(=O)=O)C2)cn1)c1ccccc1. The van der Waals surface area contributed by atoms with Crippen molar-refractivity contribution in [2.24, 2.45) is 5.92 Å². The molecule has 29 heavy (non-hydrogen) atoms. The lowest BCUT2D eigenvalue weighted by Crippen LogP contribution is -2.43. The Balaban J connectivity index is 1.58. The van der Waals surface area contributed by atoms with Crippen LogP contribution in [0.4, 0.5) is 0 Å². The number of hydrogen-bond acceptors (Lipinski definition) is 5. The molecule has 1 saturated heterocycles. The van der Waals surface area contributed by atoms with Gasteiger partial charge in [0.25, 0.3) is 5.91 Å². The van der Waals surface area contributed by atoms with Gasteiger partial charge in [0.15, 0.2) is 0 Å². The molecule has 0 aliphatic carbocycles. The lowest BCUT2D eigenvalue weighted by molar-refractivity contribution is 0.0676. The van der Waals surface area contributed by atoms with Crippen molar-refractivity contribution in [1.82, 2.24) is 14.6 Å². The molecule has 7 nitrogen and oxygen atoms in total. The maximum atomic E-state index is 12.8. The average Bonchev–Trinajstić information content (AvgIpc) is 2.72. The number of sulfonamides is 1. The number of benzene rings is 1. The highest BCUT2D eigenvalue weighted by Crippen LogP contribution is 2.21. The number of ether oxygens (including phenoxy) is 1. The number of piperidine rings is 1. The third kappa shape index (κ3) is 6.27. The number of pyridine rings is 1. The van der Waals surface area contributed by atoms with Gasteiger partial charge in [0.2, 0.25) is 15.9 Å². The molecule has 156 valence electrons. The highest BCUT2D eigenvalue weighted by molar-refractivity contribution is 7.88. The molecular weight excluding hydrogens is 390 g/mol. The summed E-state index contributed by atoms with van der Waals surface area (Å²) in [7, 11) is -3.23. The third-order valence-corrected chi connectivity index (χ3v) is 5.68. The Labute approximate surface area is 172 Å². The third-order valence-electron chi connectivity index (χ3n) is 4.99. The monoisotopic (exact) mass is 417 g/mol. The molecule has 1 aliphatic heterocycles. The number of rotatable bonds is 7. The number of carbonyl (C=O) groups excluding carboxylic acids is 1. The summed E-state index contributed by atoms with van der Waals surface area (Å²) in [5.74, 6) is 0.487. The number of nitrogens with zero attached hydrogens (tertiary/aromatic N) is 2. The maximum Gasteiger partial charge on any atom is 0.255 e. The first-order chi connectivity index (χ1) is 13.8. The van der Waals surface area contributed by atoms with Crippen LogP contribution in [0.25, 0.3) is 0 Å². The van der Waals surface area contributed by atoms with Crippen molar-refractivity contribution in [3.63, 3.8) is 0 Å². The van der Waals surface area contributed by atoms with E-state index in [2.05, 4.69) is 9.71 Å². The first-order valence-corrected chi connectivity index (χ1v) is 11.6. The standard InChI is InChI=1S/C21H27N3O4S/c1-16(18-8-4-3-5-9-18)28-20-11-10-19(14-22-20)21(25)24-12-6-7-17(15-24)13-23-29(2,26)27/h3-5,8-11,14,16-17,23H,6-7,12-13,15H2,1-2H3. The van der Waals surface area contributed by atoms with Crippen LogP contribution in [0, 0.1) is 5.92 Å². The van der Waals surface area contributed by atoms with Gasteiger partial charge in [0, 0.05) is 31.9 Å². The number of nitrogens with one attached hydrogen (secondary N) is 1. The van der Waals surface area contributed by atoms with Crippen molar-refractivity contribution in [3.05, 3.63) is 59.8 Å². The first kappa shape index (κ1) is 21.3. The van der Waals surface area contributed by atoms with Gasteiger partial charge in [-0.15, -0.1) is 0 Å². The summed E-state index contributed by atoms with van der Waals surface area (Å²) in [6.07, 6.45) is 4.29. The van der Waals surface area contributed by atoms with Crippen LogP contribution in [0.3, 0.4) is 0 Å². The van der Waals surface area contributed by atoms with Gasteiger partial charge in [0.05, 0.1) is 11.8 Å². The molecule has 2 heterocycles. The zero-order valence-electron chi connectivity index (χ0n) is 16.7. The summed E-state index contributed by atoms with van der Waals surface area (Å²) in [5.41, 5.74) is 1.55. The summed E-state index contributed by atoms with van der Waals surface area (Å²) in [6.45, 7) is 3.50. The van der Waals surface area contributed by atoms with Crippen LogP contribution < -0.4 is 9.46 Å². The number of hydrogen-bond donors (Lipinski definition) is 1. The summed E-state index contributed by atoms with van der Waals surface area (Å²) >= 11 is 0. The van der Waals surface area contributed by atoms with Crippen LogP contribution in [-0.2, 0) is 10.0 Å². The van der Waals surface area contributed by atoms with Crippen LogP contribution in [0.1, 0.15) is 41.8 Å². The molecule has 1 aromatic heterocycles. The van der Waals surface area contributed by atoms with E-state index in [1.54, 1.807) is 17.0 Å². The van der Waals surface area contributed by atoms with Crippen LogP contribution in [-0.4, -0.2) is 50.1 Å². The molecule has 8 heteroatoms. The average molecular weight is 418 g/mol.